The van der Waals surface area contributed by atoms with E-state index in [1.807, 2.05) is 0 Å². The van der Waals surface area contributed by atoms with Gasteiger partial charge in [-0.3, -0.25) is 0 Å². The van der Waals surface area contributed by atoms with Crippen molar-refractivity contribution in [3.05, 3.63) is 29.8 Å². The maximum atomic E-state index is 8.73. The fourth-order valence-corrected chi connectivity index (χ4v) is 2.63. The van der Waals surface area contributed by atoms with Crippen LogP contribution in [0.1, 0.15) is 38.3 Å². The second kappa shape index (κ2) is 8.56. The van der Waals surface area contributed by atoms with Gasteiger partial charge in [-0.1, -0.05) is 26.0 Å². The Morgan fingerprint density at radius 3 is 2.47 bits per heavy atom. The van der Waals surface area contributed by atoms with Gasteiger partial charge < -0.3 is 10.4 Å². The maximum Gasteiger partial charge on any atom is 0.0439 e. The molecule has 1 atom stereocenters. The second-order valence-electron chi connectivity index (χ2n) is 4.01. The Labute approximate surface area is 109 Å². The number of hydrogen-bond donors (Lipinski definition) is 2. The van der Waals surface area contributed by atoms with Gasteiger partial charge in [0.15, 0.2) is 0 Å². The van der Waals surface area contributed by atoms with Crippen LogP contribution in [0.4, 0.5) is 0 Å². The van der Waals surface area contributed by atoms with Gasteiger partial charge in [-0.2, -0.15) is 0 Å². The zero-order chi connectivity index (χ0) is 12.5. The van der Waals surface area contributed by atoms with E-state index in [0.29, 0.717) is 6.04 Å². The van der Waals surface area contributed by atoms with E-state index in [1.165, 1.54) is 10.5 Å². The second-order valence-corrected chi connectivity index (χ2v) is 5.18. The molecule has 0 fully saturated rings. The van der Waals surface area contributed by atoms with Gasteiger partial charge in [-0.15, -0.1) is 11.8 Å². The monoisotopic (exact) mass is 253 g/mol. The lowest BCUT2D eigenvalue weighted by Gasteiger charge is -2.16. The Morgan fingerprint density at radius 1 is 1.24 bits per heavy atom. The van der Waals surface area contributed by atoms with Gasteiger partial charge in [0.2, 0.25) is 0 Å². The molecule has 0 aliphatic heterocycles. The predicted molar refractivity (Wildman–Crippen MR) is 75.6 cm³/mol. The molecule has 0 bridgehead atoms. The van der Waals surface area contributed by atoms with Crippen molar-refractivity contribution in [2.75, 3.05) is 18.9 Å². The molecule has 2 N–H and O–H groups in total. The fourth-order valence-electron chi connectivity index (χ4n) is 1.80. The first-order valence-electron chi connectivity index (χ1n) is 6.38. The molecular weight excluding hydrogens is 230 g/mol. The molecule has 0 aliphatic rings. The highest BCUT2D eigenvalue weighted by Crippen LogP contribution is 2.22. The summed E-state index contributed by atoms with van der Waals surface area (Å²) >= 11 is 1.81. The molecule has 0 aromatic heterocycles. The lowest BCUT2D eigenvalue weighted by molar-refractivity contribution is 0.296. The molecule has 1 aromatic rings. The van der Waals surface area contributed by atoms with Gasteiger partial charge in [-0.05, 0) is 37.1 Å². The van der Waals surface area contributed by atoms with Crippen molar-refractivity contribution in [1.82, 2.24) is 5.32 Å². The summed E-state index contributed by atoms with van der Waals surface area (Å²) in [5, 5.41) is 12.2. The van der Waals surface area contributed by atoms with E-state index in [-0.39, 0.29) is 6.61 Å². The molecule has 1 unspecified atom stereocenters. The summed E-state index contributed by atoms with van der Waals surface area (Å²) in [6.45, 7) is 5.63. The van der Waals surface area contributed by atoms with Crippen LogP contribution in [0.15, 0.2) is 29.2 Å². The SMILES string of the molecule is CCNC(CC)c1ccc(SCCCO)cc1. The Kier molecular flexibility index (Phi) is 7.33. The minimum absolute atomic E-state index is 0.281. The molecule has 17 heavy (non-hydrogen) atoms. The molecule has 3 heteroatoms. The van der Waals surface area contributed by atoms with Gasteiger partial charge in [0.1, 0.15) is 0 Å². The summed E-state index contributed by atoms with van der Waals surface area (Å²) in [6, 6.07) is 9.24. The molecule has 0 aliphatic carbocycles. The van der Waals surface area contributed by atoms with Gasteiger partial charge in [0.25, 0.3) is 0 Å². The number of aliphatic hydroxyl groups is 1. The van der Waals surface area contributed by atoms with Crippen LogP contribution in [0.2, 0.25) is 0 Å². The molecule has 0 heterocycles. The molecule has 96 valence electrons. The first kappa shape index (κ1) is 14.6. The highest BCUT2D eigenvalue weighted by Gasteiger charge is 2.06. The minimum Gasteiger partial charge on any atom is -0.396 e. The number of nitrogens with one attached hydrogen (secondary N) is 1. The van der Waals surface area contributed by atoms with E-state index in [0.717, 1.165) is 25.1 Å². The molecule has 1 rings (SSSR count). The molecule has 1 aromatic carbocycles. The molecule has 0 saturated heterocycles. The quantitative estimate of drug-likeness (QED) is 0.551. The van der Waals surface area contributed by atoms with Crippen LogP contribution in [0.25, 0.3) is 0 Å². The summed E-state index contributed by atoms with van der Waals surface area (Å²) < 4.78 is 0. The summed E-state index contributed by atoms with van der Waals surface area (Å²) in [6.07, 6.45) is 1.98. The summed E-state index contributed by atoms with van der Waals surface area (Å²) in [5.74, 6) is 0.986. The third-order valence-electron chi connectivity index (χ3n) is 2.71. The van der Waals surface area contributed by atoms with E-state index in [1.54, 1.807) is 11.8 Å². The Hall–Kier alpha value is -0.510. The standard InChI is InChI=1S/C14H23NOS/c1-3-14(15-4-2)12-6-8-13(9-7-12)17-11-5-10-16/h6-9,14-16H,3-5,10-11H2,1-2H3. The first-order valence-corrected chi connectivity index (χ1v) is 7.37. The fraction of sp³-hybridized carbons (Fsp3) is 0.571. The molecule has 0 amide bonds. The normalized spacial score (nSPS) is 12.6. The zero-order valence-corrected chi connectivity index (χ0v) is 11.6. The summed E-state index contributed by atoms with van der Waals surface area (Å²) in [5.41, 5.74) is 1.36. The topological polar surface area (TPSA) is 32.3 Å². The van der Waals surface area contributed by atoms with Crippen molar-refractivity contribution < 1.29 is 5.11 Å². The highest BCUT2D eigenvalue weighted by molar-refractivity contribution is 7.99. The van der Waals surface area contributed by atoms with Crippen molar-refractivity contribution in [2.45, 2.75) is 37.6 Å². The minimum atomic E-state index is 0.281. The van der Waals surface area contributed by atoms with E-state index in [2.05, 4.69) is 43.4 Å². The van der Waals surface area contributed by atoms with Crippen LogP contribution < -0.4 is 5.32 Å². The zero-order valence-electron chi connectivity index (χ0n) is 10.8. The number of thioether (sulfide) groups is 1. The van der Waals surface area contributed by atoms with Crippen LogP contribution in [0.5, 0.6) is 0 Å². The largest absolute Gasteiger partial charge is 0.396 e. The van der Waals surface area contributed by atoms with Crippen molar-refractivity contribution >= 4 is 11.8 Å². The van der Waals surface area contributed by atoms with E-state index in [4.69, 9.17) is 5.11 Å². The average molecular weight is 253 g/mol. The van der Waals surface area contributed by atoms with Crippen molar-refractivity contribution in [3.63, 3.8) is 0 Å². The third kappa shape index (κ3) is 5.11. The predicted octanol–water partition coefficient (Wildman–Crippen LogP) is 3.22. The summed E-state index contributed by atoms with van der Waals surface area (Å²) in [4.78, 5) is 1.29. The molecule has 2 nitrogen and oxygen atoms in total. The molecule has 0 saturated carbocycles. The lowest BCUT2D eigenvalue weighted by Crippen LogP contribution is -2.19. The number of hydrogen-bond acceptors (Lipinski definition) is 3. The van der Waals surface area contributed by atoms with E-state index >= 15 is 0 Å². The number of benzene rings is 1. The van der Waals surface area contributed by atoms with Crippen LogP contribution >= 0.6 is 11.8 Å². The number of aliphatic hydroxyl groups excluding tert-OH is 1. The van der Waals surface area contributed by atoms with Gasteiger partial charge >= 0.3 is 0 Å². The third-order valence-corrected chi connectivity index (χ3v) is 3.81. The van der Waals surface area contributed by atoms with Gasteiger partial charge in [0, 0.05) is 23.3 Å². The molecule has 0 spiro atoms. The Morgan fingerprint density at radius 2 is 1.94 bits per heavy atom. The maximum absolute atomic E-state index is 8.73. The summed E-state index contributed by atoms with van der Waals surface area (Å²) in [7, 11) is 0. The Bertz CT molecular complexity index is 300. The first-order chi connectivity index (χ1) is 8.31. The Balaban J connectivity index is 2.53. The van der Waals surface area contributed by atoms with Crippen LogP contribution in [-0.2, 0) is 0 Å². The van der Waals surface area contributed by atoms with Gasteiger partial charge in [0.05, 0.1) is 0 Å². The van der Waals surface area contributed by atoms with Crippen molar-refractivity contribution in [2.24, 2.45) is 0 Å². The van der Waals surface area contributed by atoms with Crippen LogP contribution in [0, 0.1) is 0 Å². The highest BCUT2D eigenvalue weighted by atomic mass is 32.2. The molecular formula is C14H23NOS. The smallest absolute Gasteiger partial charge is 0.0439 e. The average Bonchev–Trinajstić information content (AvgIpc) is 2.37. The number of rotatable bonds is 8. The van der Waals surface area contributed by atoms with Crippen LogP contribution in [-0.4, -0.2) is 24.0 Å². The van der Waals surface area contributed by atoms with E-state index in [9.17, 15) is 0 Å². The van der Waals surface area contributed by atoms with E-state index < -0.39 is 0 Å². The van der Waals surface area contributed by atoms with Gasteiger partial charge in [-0.25, -0.2) is 0 Å². The van der Waals surface area contributed by atoms with Crippen LogP contribution in [0.3, 0.4) is 0 Å². The molecule has 0 radical (unpaired) electrons. The van der Waals surface area contributed by atoms with Crippen molar-refractivity contribution in [1.29, 1.82) is 0 Å². The lowest BCUT2D eigenvalue weighted by atomic mass is 10.1. The van der Waals surface area contributed by atoms with Crippen molar-refractivity contribution in [3.8, 4) is 0 Å².